The lowest BCUT2D eigenvalue weighted by atomic mass is 10.1. The summed E-state index contributed by atoms with van der Waals surface area (Å²) >= 11 is 0. The van der Waals surface area contributed by atoms with E-state index in [4.69, 9.17) is 9.26 Å². The molecule has 0 atom stereocenters. The number of nitrogens with zero attached hydrogens (tertiary/aromatic N) is 3. The molecule has 1 aromatic carbocycles. The van der Waals surface area contributed by atoms with Crippen LogP contribution in [0.2, 0.25) is 0 Å². The summed E-state index contributed by atoms with van der Waals surface area (Å²) in [6, 6.07) is 14.8. The molecule has 0 saturated carbocycles. The van der Waals surface area contributed by atoms with E-state index in [0.29, 0.717) is 30.5 Å². The van der Waals surface area contributed by atoms with Crippen molar-refractivity contribution in [2.45, 2.75) is 0 Å². The maximum atomic E-state index is 12.7. The van der Waals surface area contributed by atoms with Crippen molar-refractivity contribution in [1.29, 1.82) is 0 Å². The molecule has 2 aromatic heterocycles. The van der Waals surface area contributed by atoms with E-state index in [-0.39, 0.29) is 11.6 Å². The third-order valence-corrected chi connectivity index (χ3v) is 3.63. The van der Waals surface area contributed by atoms with Crippen molar-refractivity contribution in [1.82, 2.24) is 10.1 Å². The number of benzene rings is 1. The fourth-order valence-corrected chi connectivity index (χ4v) is 2.52. The Bertz CT molecular complexity index is 845. The molecule has 0 aliphatic carbocycles. The fourth-order valence-electron chi connectivity index (χ4n) is 2.52. The summed E-state index contributed by atoms with van der Waals surface area (Å²) in [7, 11) is 0. The van der Waals surface area contributed by atoms with E-state index in [1.807, 2.05) is 30.3 Å². The summed E-state index contributed by atoms with van der Waals surface area (Å²) in [5.41, 5.74) is 1.79. The van der Waals surface area contributed by atoms with E-state index in [2.05, 4.69) is 10.1 Å². The van der Waals surface area contributed by atoms with Crippen LogP contribution in [0.15, 0.2) is 59.3 Å². The van der Waals surface area contributed by atoms with E-state index in [1.165, 1.54) is 0 Å². The van der Waals surface area contributed by atoms with Gasteiger partial charge in [-0.1, -0.05) is 35.5 Å². The van der Waals surface area contributed by atoms with Crippen LogP contribution in [0.25, 0.3) is 11.3 Å². The Morgan fingerprint density at radius 1 is 1.13 bits per heavy atom. The van der Waals surface area contributed by atoms with Gasteiger partial charge in [0.05, 0.1) is 6.54 Å². The summed E-state index contributed by atoms with van der Waals surface area (Å²) in [6.07, 6.45) is 1.64. The molecule has 0 spiro atoms. The van der Waals surface area contributed by atoms with Gasteiger partial charge in [-0.15, -0.1) is 0 Å². The lowest BCUT2D eigenvalue weighted by Gasteiger charge is -2.27. The van der Waals surface area contributed by atoms with Crippen LogP contribution in [-0.4, -0.2) is 29.2 Å². The average Bonchev–Trinajstić information content (AvgIpc) is 3.11. The minimum absolute atomic E-state index is 0.228. The number of hydrogen-bond donors (Lipinski definition) is 0. The van der Waals surface area contributed by atoms with Crippen molar-refractivity contribution in [2.75, 3.05) is 18.1 Å². The first kappa shape index (κ1) is 13.5. The van der Waals surface area contributed by atoms with E-state index >= 15 is 0 Å². The summed E-state index contributed by atoms with van der Waals surface area (Å²) in [6.45, 7) is 0.851. The Morgan fingerprint density at radius 3 is 2.87 bits per heavy atom. The molecule has 1 aliphatic rings. The van der Waals surface area contributed by atoms with E-state index < -0.39 is 0 Å². The maximum absolute atomic E-state index is 12.7. The number of pyridine rings is 1. The number of hydrogen-bond acceptors (Lipinski definition) is 5. The molecule has 0 bridgehead atoms. The molecule has 1 aliphatic heterocycles. The first-order valence-electron chi connectivity index (χ1n) is 7.25. The molecule has 6 nitrogen and oxygen atoms in total. The number of carbonyl (C=O) groups is 1. The predicted octanol–water partition coefficient (Wildman–Crippen LogP) is 2.78. The second-order valence-corrected chi connectivity index (χ2v) is 5.08. The summed E-state index contributed by atoms with van der Waals surface area (Å²) in [5.74, 6) is 0.793. The Kier molecular flexibility index (Phi) is 3.27. The smallest absolute Gasteiger partial charge is 0.280 e. The standard InChI is InChI=1S/C17H13N3O3/c21-17(20-9-10-22-16-14(20)7-4-8-18-16)13-11-15(23-19-13)12-5-2-1-3-6-12/h1-8,11H,9-10H2. The van der Waals surface area contributed by atoms with Crippen molar-refractivity contribution in [3.63, 3.8) is 0 Å². The second-order valence-electron chi connectivity index (χ2n) is 5.08. The van der Waals surface area contributed by atoms with Gasteiger partial charge in [-0.25, -0.2) is 4.98 Å². The maximum Gasteiger partial charge on any atom is 0.280 e. The van der Waals surface area contributed by atoms with E-state index in [9.17, 15) is 4.79 Å². The molecule has 23 heavy (non-hydrogen) atoms. The van der Waals surface area contributed by atoms with E-state index in [1.54, 1.807) is 29.3 Å². The zero-order valence-electron chi connectivity index (χ0n) is 12.2. The zero-order chi connectivity index (χ0) is 15.6. The first-order chi connectivity index (χ1) is 11.3. The highest BCUT2D eigenvalue weighted by Gasteiger charge is 2.27. The van der Waals surface area contributed by atoms with E-state index in [0.717, 1.165) is 5.56 Å². The quantitative estimate of drug-likeness (QED) is 0.728. The topological polar surface area (TPSA) is 68.5 Å². The molecule has 0 N–H and O–H groups in total. The summed E-state index contributed by atoms with van der Waals surface area (Å²) in [4.78, 5) is 18.5. The van der Waals surface area contributed by atoms with Crippen LogP contribution in [0.1, 0.15) is 10.5 Å². The van der Waals surface area contributed by atoms with Gasteiger partial charge in [-0.2, -0.15) is 0 Å². The predicted molar refractivity (Wildman–Crippen MR) is 83.3 cm³/mol. The van der Waals surface area contributed by atoms with Gasteiger partial charge >= 0.3 is 0 Å². The number of aromatic nitrogens is 2. The Hall–Kier alpha value is -3.15. The fraction of sp³-hybridized carbons (Fsp3) is 0.118. The number of ether oxygens (including phenoxy) is 1. The minimum Gasteiger partial charge on any atom is -0.474 e. The van der Waals surface area contributed by atoms with Crippen molar-refractivity contribution >= 4 is 11.6 Å². The van der Waals surface area contributed by atoms with Gasteiger partial charge < -0.3 is 9.26 Å². The highest BCUT2D eigenvalue weighted by atomic mass is 16.5. The molecule has 0 fully saturated rings. The molecular formula is C17H13N3O3. The molecule has 6 heteroatoms. The summed E-state index contributed by atoms with van der Waals surface area (Å²) < 4.78 is 10.8. The van der Waals surface area contributed by atoms with Gasteiger partial charge in [-0.3, -0.25) is 9.69 Å². The SMILES string of the molecule is O=C(c1cc(-c2ccccc2)on1)N1CCOc2ncccc21. The van der Waals surface area contributed by atoms with Gasteiger partial charge in [0.25, 0.3) is 5.91 Å². The van der Waals surface area contributed by atoms with Crippen molar-refractivity contribution in [3.8, 4) is 17.2 Å². The van der Waals surface area contributed by atoms with Gasteiger partial charge in [-0.05, 0) is 12.1 Å². The largest absolute Gasteiger partial charge is 0.474 e. The van der Waals surface area contributed by atoms with Crippen molar-refractivity contribution < 1.29 is 14.1 Å². The molecular weight excluding hydrogens is 294 g/mol. The lowest BCUT2D eigenvalue weighted by molar-refractivity contribution is 0.0967. The van der Waals surface area contributed by atoms with Crippen LogP contribution in [0, 0.1) is 0 Å². The minimum atomic E-state index is -0.228. The molecule has 114 valence electrons. The lowest BCUT2D eigenvalue weighted by Crippen LogP contribution is -2.38. The highest BCUT2D eigenvalue weighted by Crippen LogP contribution is 2.30. The number of amides is 1. The first-order valence-corrected chi connectivity index (χ1v) is 7.25. The van der Waals surface area contributed by atoms with Crippen LogP contribution < -0.4 is 9.64 Å². The number of rotatable bonds is 2. The second kappa shape index (κ2) is 5.57. The monoisotopic (exact) mass is 307 g/mol. The molecule has 3 heterocycles. The zero-order valence-corrected chi connectivity index (χ0v) is 12.2. The van der Waals surface area contributed by atoms with Crippen molar-refractivity contribution in [3.05, 3.63) is 60.4 Å². The average molecular weight is 307 g/mol. The molecule has 3 aromatic rings. The normalized spacial score (nSPS) is 13.3. The molecule has 1 amide bonds. The highest BCUT2D eigenvalue weighted by molar-refractivity contribution is 6.06. The van der Waals surface area contributed by atoms with Crippen LogP contribution >= 0.6 is 0 Å². The van der Waals surface area contributed by atoms with Crippen molar-refractivity contribution in [2.24, 2.45) is 0 Å². The van der Waals surface area contributed by atoms with Gasteiger partial charge in [0.15, 0.2) is 11.5 Å². The van der Waals surface area contributed by atoms with Gasteiger partial charge in [0.1, 0.15) is 12.3 Å². The molecule has 0 saturated heterocycles. The summed E-state index contributed by atoms with van der Waals surface area (Å²) in [5, 5.41) is 3.91. The van der Waals surface area contributed by atoms with Gasteiger partial charge in [0.2, 0.25) is 5.88 Å². The number of fused-ring (bicyclic) bond motifs is 1. The van der Waals surface area contributed by atoms with Crippen LogP contribution in [0.5, 0.6) is 5.88 Å². The molecule has 4 rings (SSSR count). The molecule has 0 unspecified atom stereocenters. The Balaban J connectivity index is 1.65. The van der Waals surface area contributed by atoms with Crippen LogP contribution in [-0.2, 0) is 0 Å². The van der Waals surface area contributed by atoms with Crippen LogP contribution in [0.4, 0.5) is 5.69 Å². The van der Waals surface area contributed by atoms with Gasteiger partial charge in [0, 0.05) is 17.8 Å². The Morgan fingerprint density at radius 2 is 2.00 bits per heavy atom. The molecule has 0 radical (unpaired) electrons. The Labute approximate surface area is 132 Å². The third-order valence-electron chi connectivity index (χ3n) is 3.63. The van der Waals surface area contributed by atoms with Crippen LogP contribution in [0.3, 0.4) is 0 Å². The number of anilines is 1. The third kappa shape index (κ3) is 2.44. The number of carbonyl (C=O) groups excluding carboxylic acids is 1.